The number of nitrogen functional groups attached to an aromatic ring is 1. The van der Waals surface area contributed by atoms with Crippen molar-refractivity contribution in [2.75, 3.05) is 11.1 Å². The number of hydrogen-bond donors (Lipinski definition) is 2. The smallest absolute Gasteiger partial charge is 0.135 e. The van der Waals surface area contributed by atoms with Gasteiger partial charge in [-0.2, -0.15) is 11.3 Å². The second-order valence-corrected chi connectivity index (χ2v) is 5.01. The molecular weight excluding hydrogens is 244 g/mol. The van der Waals surface area contributed by atoms with Crippen molar-refractivity contribution in [2.45, 2.75) is 33.2 Å². The number of anilines is 2. The molecule has 2 aromatic rings. The zero-order valence-corrected chi connectivity index (χ0v) is 11.5. The second-order valence-electron chi connectivity index (χ2n) is 4.23. The number of aryl methyl sites for hydroxylation is 1. The van der Waals surface area contributed by atoms with Gasteiger partial charge in [-0.15, -0.1) is 0 Å². The van der Waals surface area contributed by atoms with Crippen LogP contribution in [-0.2, 0) is 13.0 Å². The number of rotatable bonds is 5. The van der Waals surface area contributed by atoms with Crippen LogP contribution in [0.1, 0.15) is 30.3 Å². The minimum absolute atomic E-state index is 0.571. The first-order chi connectivity index (χ1) is 8.70. The van der Waals surface area contributed by atoms with E-state index in [1.54, 1.807) is 11.3 Å². The molecule has 0 amide bonds. The Bertz CT molecular complexity index is 508. The fourth-order valence-electron chi connectivity index (χ4n) is 1.67. The van der Waals surface area contributed by atoms with Crippen molar-refractivity contribution in [2.24, 2.45) is 0 Å². The molecule has 0 saturated carbocycles. The molecule has 0 saturated heterocycles. The second kappa shape index (κ2) is 5.82. The van der Waals surface area contributed by atoms with Gasteiger partial charge in [0.1, 0.15) is 17.5 Å². The first-order valence-electron chi connectivity index (χ1n) is 6.08. The SMILES string of the molecule is CCCc1nc(N)c(C)c(NCc2ccsc2)n1. The maximum Gasteiger partial charge on any atom is 0.135 e. The molecule has 4 nitrogen and oxygen atoms in total. The van der Waals surface area contributed by atoms with Crippen molar-refractivity contribution in [3.8, 4) is 0 Å². The lowest BCUT2D eigenvalue weighted by atomic mass is 10.2. The molecule has 2 aromatic heterocycles. The Morgan fingerprint density at radius 1 is 1.39 bits per heavy atom. The van der Waals surface area contributed by atoms with Gasteiger partial charge in [-0.3, -0.25) is 0 Å². The third-order valence-electron chi connectivity index (χ3n) is 2.74. The minimum atomic E-state index is 0.571. The maximum absolute atomic E-state index is 5.91. The molecule has 0 aliphatic heterocycles. The molecule has 0 fully saturated rings. The number of thiophene rings is 1. The van der Waals surface area contributed by atoms with E-state index >= 15 is 0 Å². The van der Waals surface area contributed by atoms with Gasteiger partial charge < -0.3 is 11.1 Å². The van der Waals surface area contributed by atoms with Crippen LogP contribution in [0.4, 0.5) is 11.6 Å². The summed E-state index contributed by atoms with van der Waals surface area (Å²) in [4.78, 5) is 8.82. The zero-order valence-electron chi connectivity index (χ0n) is 10.7. The van der Waals surface area contributed by atoms with Crippen molar-refractivity contribution in [3.63, 3.8) is 0 Å². The molecule has 0 aliphatic carbocycles. The molecule has 0 bridgehead atoms. The highest BCUT2D eigenvalue weighted by molar-refractivity contribution is 7.07. The highest BCUT2D eigenvalue weighted by Crippen LogP contribution is 2.19. The predicted molar refractivity (Wildman–Crippen MR) is 76.8 cm³/mol. The quantitative estimate of drug-likeness (QED) is 0.869. The van der Waals surface area contributed by atoms with E-state index in [1.807, 2.05) is 6.92 Å². The Hall–Kier alpha value is -1.62. The van der Waals surface area contributed by atoms with Crippen molar-refractivity contribution in [3.05, 3.63) is 33.8 Å². The summed E-state index contributed by atoms with van der Waals surface area (Å²) in [6, 6.07) is 2.10. The lowest BCUT2D eigenvalue weighted by Gasteiger charge is -2.11. The van der Waals surface area contributed by atoms with Crippen LogP contribution in [-0.4, -0.2) is 9.97 Å². The number of nitrogens with zero attached hydrogens (tertiary/aromatic N) is 2. The zero-order chi connectivity index (χ0) is 13.0. The average molecular weight is 262 g/mol. The van der Waals surface area contributed by atoms with E-state index < -0.39 is 0 Å². The van der Waals surface area contributed by atoms with E-state index in [0.717, 1.165) is 36.6 Å². The molecule has 2 rings (SSSR count). The molecule has 18 heavy (non-hydrogen) atoms. The van der Waals surface area contributed by atoms with Crippen molar-refractivity contribution < 1.29 is 0 Å². The van der Waals surface area contributed by atoms with Crippen LogP contribution < -0.4 is 11.1 Å². The molecule has 0 unspecified atom stereocenters. The number of aromatic nitrogens is 2. The molecule has 96 valence electrons. The van der Waals surface area contributed by atoms with Crippen LogP contribution >= 0.6 is 11.3 Å². The predicted octanol–water partition coefficient (Wildman–Crippen LogP) is 2.99. The van der Waals surface area contributed by atoms with Crippen LogP contribution in [0, 0.1) is 6.92 Å². The van der Waals surface area contributed by atoms with Gasteiger partial charge in [0.2, 0.25) is 0 Å². The van der Waals surface area contributed by atoms with Gasteiger partial charge in [0.25, 0.3) is 0 Å². The standard InChI is InChI=1S/C13H18N4S/c1-3-4-11-16-12(14)9(2)13(17-11)15-7-10-5-6-18-8-10/h5-6,8H,3-4,7H2,1-2H3,(H3,14,15,16,17). The molecule has 2 heterocycles. The first kappa shape index (κ1) is 12.8. The Labute approximate surface area is 111 Å². The Kier molecular flexibility index (Phi) is 4.15. The summed E-state index contributed by atoms with van der Waals surface area (Å²) in [5, 5.41) is 7.53. The normalized spacial score (nSPS) is 10.6. The van der Waals surface area contributed by atoms with Gasteiger partial charge >= 0.3 is 0 Å². The van der Waals surface area contributed by atoms with Crippen LogP contribution in [0.2, 0.25) is 0 Å². The molecule has 0 radical (unpaired) electrons. The van der Waals surface area contributed by atoms with Gasteiger partial charge in [0, 0.05) is 18.5 Å². The Morgan fingerprint density at radius 2 is 2.22 bits per heavy atom. The molecule has 5 heteroatoms. The summed E-state index contributed by atoms with van der Waals surface area (Å²) in [5.41, 5.74) is 8.09. The van der Waals surface area contributed by atoms with Gasteiger partial charge in [-0.05, 0) is 35.7 Å². The summed E-state index contributed by atoms with van der Waals surface area (Å²) >= 11 is 1.70. The lowest BCUT2D eigenvalue weighted by Crippen LogP contribution is -2.09. The summed E-state index contributed by atoms with van der Waals surface area (Å²) in [7, 11) is 0. The number of nitrogens with two attached hydrogens (primary N) is 1. The fraction of sp³-hybridized carbons (Fsp3) is 0.385. The first-order valence-corrected chi connectivity index (χ1v) is 7.03. The van der Waals surface area contributed by atoms with E-state index in [1.165, 1.54) is 5.56 Å². The number of hydrogen-bond acceptors (Lipinski definition) is 5. The van der Waals surface area contributed by atoms with Crippen LogP contribution in [0.15, 0.2) is 16.8 Å². The van der Waals surface area contributed by atoms with Gasteiger partial charge in [-0.1, -0.05) is 6.92 Å². The molecule has 0 spiro atoms. The molecule has 0 aliphatic rings. The van der Waals surface area contributed by atoms with E-state index in [0.29, 0.717) is 5.82 Å². The molecule has 0 atom stereocenters. The molecule has 3 N–H and O–H groups in total. The Balaban J connectivity index is 2.15. The van der Waals surface area contributed by atoms with Crippen LogP contribution in [0.3, 0.4) is 0 Å². The van der Waals surface area contributed by atoms with Gasteiger partial charge in [0.05, 0.1) is 0 Å². The maximum atomic E-state index is 5.91. The van der Waals surface area contributed by atoms with Crippen LogP contribution in [0.5, 0.6) is 0 Å². The highest BCUT2D eigenvalue weighted by Gasteiger charge is 2.08. The molecule has 0 aromatic carbocycles. The third kappa shape index (κ3) is 2.98. The van der Waals surface area contributed by atoms with Crippen LogP contribution in [0.25, 0.3) is 0 Å². The lowest BCUT2D eigenvalue weighted by molar-refractivity contribution is 0.833. The monoisotopic (exact) mass is 262 g/mol. The van der Waals surface area contributed by atoms with E-state index in [2.05, 4.69) is 39.0 Å². The molecular formula is C13H18N4S. The largest absolute Gasteiger partial charge is 0.383 e. The number of nitrogens with one attached hydrogen (secondary N) is 1. The minimum Gasteiger partial charge on any atom is -0.383 e. The van der Waals surface area contributed by atoms with Crippen molar-refractivity contribution in [1.82, 2.24) is 9.97 Å². The third-order valence-corrected chi connectivity index (χ3v) is 3.48. The summed E-state index contributed by atoms with van der Waals surface area (Å²) in [6.07, 6.45) is 1.88. The summed E-state index contributed by atoms with van der Waals surface area (Å²) in [5.74, 6) is 2.23. The van der Waals surface area contributed by atoms with Crippen molar-refractivity contribution >= 4 is 23.0 Å². The van der Waals surface area contributed by atoms with E-state index in [9.17, 15) is 0 Å². The highest BCUT2D eigenvalue weighted by atomic mass is 32.1. The van der Waals surface area contributed by atoms with Gasteiger partial charge in [0.15, 0.2) is 0 Å². The average Bonchev–Trinajstić information content (AvgIpc) is 2.85. The van der Waals surface area contributed by atoms with E-state index in [4.69, 9.17) is 5.73 Å². The van der Waals surface area contributed by atoms with Gasteiger partial charge in [-0.25, -0.2) is 9.97 Å². The Morgan fingerprint density at radius 3 is 2.89 bits per heavy atom. The topological polar surface area (TPSA) is 63.8 Å². The fourth-order valence-corrected chi connectivity index (χ4v) is 2.34. The summed E-state index contributed by atoms with van der Waals surface area (Å²) < 4.78 is 0. The van der Waals surface area contributed by atoms with Crippen molar-refractivity contribution in [1.29, 1.82) is 0 Å². The summed E-state index contributed by atoms with van der Waals surface area (Å²) in [6.45, 7) is 4.82. The van der Waals surface area contributed by atoms with E-state index in [-0.39, 0.29) is 0 Å².